The number of carboxylic acids is 1. The lowest BCUT2D eigenvalue weighted by Gasteiger charge is -2.08. The molecule has 0 spiro atoms. The number of aliphatic carboxylic acids is 1. The highest BCUT2D eigenvalue weighted by Gasteiger charge is 2.47. The Hall–Kier alpha value is -2.12. The lowest BCUT2D eigenvalue weighted by molar-refractivity contribution is -0.385. The first-order chi connectivity index (χ1) is 8.71. The lowest BCUT2D eigenvalue weighted by atomic mass is 10.0. The van der Waals surface area contributed by atoms with Crippen LogP contribution in [0.5, 0.6) is 0 Å². The van der Waals surface area contributed by atoms with Crippen molar-refractivity contribution < 1.29 is 28.0 Å². The third-order valence-electron chi connectivity index (χ3n) is 3.06. The summed E-state index contributed by atoms with van der Waals surface area (Å²) in [6.07, 6.45) is -4.46. The molecule has 2 atom stereocenters. The maximum atomic E-state index is 12.5. The third kappa shape index (κ3) is 2.51. The molecule has 0 bridgehead atoms. The number of carbonyl (C=O) groups is 1. The fraction of sp³-hybridized carbons (Fsp3) is 0.364. The molecule has 1 fully saturated rings. The Morgan fingerprint density at radius 3 is 2.47 bits per heavy atom. The van der Waals surface area contributed by atoms with Gasteiger partial charge in [0.25, 0.3) is 5.69 Å². The average Bonchev–Trinajstić information content (AvgIpc) is 3.06. The van der Waals surface area contributed by atoms with E-state index in [1.807, 2.05) is 0 Å². The van der Waals surface area contributed by atoms with E-state index in [9.17, 15) is 28.1 Å². The van der Waals surface area contributed by atoms with Crippen molar-refractivity contribution in [3.05, 3.63) is 39.4 Å². The van der Waals surface area contributed by atoms with Crippen LogP contribution in [-0.2, 0) is 11.0 Å². The molecule has 2 rings (SSSR count). The molecule has 1 aliphatic rings. The second kappa shape index (κ2) is 4.22. The van der Waals surface area contributed by atoms with Crippen LogP contribution >= 0.6 is 0 Å². The van der Waals surface area contributed by atoms with Crippen molar-refractivity contribution >= 4 is 11.7 Å². The van der Waals surface area contributed by atoms with Gasteiger partial charge < -0.3 is 5.11 Å². The van der Waals surface area contributed by atoms with Gasteiger partial charge in [0, 0.05) is 17.5 Å². The van der Waals surface area contributed by atoms with Gasteiger partial charge in [-0.15, -0.1) is 0 Å². The normalized spacial score (nSPS) is 22.1. The van der Waals surface area contributed by atoms with E-state index in [0.29, 0.717) is 6.07 Å². The van der Waals surface area contributed by atoms with Crippen LogP contribution in [0.15, 0.2) is 18.2 Å². The van der Waals surface area contributed by atoms with Gasteiger partial charge >= 0.3 is 12.1 Å². The Morgan fingerprint density at radius 2 is 2.05 bits per heavy atom. The number of nitrogens with zero attached hydrogens (tertiary/aromatic N) is 1. The predicted octanol–water partition coefficient (Wildman–Crippen LogP) is 2.80. The smallest absolute Gasteiger partial charge is 0.416 e. The fourth-order valence-corrected chi connectivity index (χ4v) is 2.00. The van der Waals surface area contributed by atoms with Crippen LogP contribution in [0, 0.1) is 16.0 Å². The first-order valence-electron chi connectivity index (χ1n) is 5.30. The topological polar surface area (TPSA) is 80.4 Å². The SMILES string of the molecule is O=C(O)C1CC1c1ccc(C(F)(F)F)cc1[N+](=O)[O-]. The number of nitro groups is 1. The molecule has 0 aromatic heterocycles. The largest absolute Gasteiger partial charge is 0.481 e. The molecule has 0 saturated heterocycles. The number of carboxylic acid groups (broad SMARTS) is 1. The van der Waals surface area contributed by atoms with Gasteiger partial charge in [0.2, 0.25) is 0 Å². The van der Waals surface area contributed by atoms with Gasteiger partial charge in [-0.1, -0.05) is 6.07 Å². The van der Waals surface area contributed by atoms with Crippen molar-refractivity contribution in [1.29, 1.82) is 0 Å². The van der Waals surface area contributed by atoms with E-state index >= 15 is 0 Å². The summed E-state index contributed by atoms with van der Waals surface area (Å²) in [5, 5.41) is 19.5. The minimum Gasteiger partial charge on any atom is -0.481 e. The molecule has 1 saturated carbocycles. The molecule has 0 aliphatic heterocycles. The van der Waals surface area contributed by atoms with Gasteiger partial charge in [0.15, 0.2) is 0 Å². The molecule has 5 nitrogen and oxygen atoms in total. The first kappa shape index (κ1) is 13.3. The quantitative estimate of drug-likeness (QED) is 0.679. The maximum absolute atomic E-state index is 12.5. The Morgan fingerprint density at radius 1 is 1.42 bits per heavy atom. The number of alkyl halides is 3. The molecular weight excluding hydrogens is 267 g/mol. The average molecular weight is 275 g/mol. The second-order valence-corrected chi connectivity index (χ2v) is 4.32. The van der Waals surface area contributed by atoms with Gasteiger partial charge in [-0.05, 0) is 12.5 Å². The molecule has 1 aliphatic carbocycles. The molecular formula is C11H8F3NO4. The van der Waals surface area contributed by atoms with Crippen LogP contribution in [0.3, 0.4) is 0 Å². The fourth-order valence-electron chi connectivity index (χ4n) is 2.00. The zero-order valence-corrected chi connectivity index (χ0v) is 9.35. The summed E-state index contributed by atoms with van der Waals surface area (Å²) < 4.78 is 37.4. The van der Waals surface area contributed by atoms with Gasteiger partial charge in [0.05, 0.1) is 16.4 Å². The van der Waals surface area contributed by atoms with E-state index in [1.54, 1.807) is 0 Å². The number of hydrogen-bond acceptors (Lipinski definition) is 3. The van der Waals surface area contributed by atoms with Crippen LogP contribution in [0.4, 0.5) is 18.9 Å². The van der Waals surface area contributed by atoms with Crippen molar-refractivity contribution in [2.75, 3.05) is 0 Å². The minimum absolute atomic E-state index is 0.0467. The summed E-state index contributed by atoms with van der Waals surface area (Å²) in [6.45, 7) is 0. The standard InChI is InChI=1S/C11H8F3NO4/c12-11(13,14)5-1-2-6(9(3-5)15(18)19)7-4-8(7)10(16)17/h1-3,7-8H,4H2,(H,16,17). The molecule has 1 N–H and O–H groups in total. The number of rotatable bonds is 3. The van der Waals surface area contributed by atoms with Crippen LogP contribution in [0.1, 0.15) is 23.5 Å². The van der Waals surface area contributed by atoms with E-state index in [-0.39, 0.29) is 12.0 Å². The van der Waals surface area contributed by atoms with Crippen molar-refractivity contribution in [2.24, 2.45) is 5.92 Å². The van der Waals surface area contributed by atoms with Crippen molar-refractivity contribution in [2.45, 2.75) is 18.5 Å². The molecule has 2 unspecified atom stereocenters. The number of benzene rings is 1. The van der Waals surface area contributed by atoms with E-state index < -0.39 is 40.2 Å². The molecule has 1 aromatic carbocycles. The van der Waals surface area contributed by atoms with Crippen LogP contribution in [-0.4, -0.2) is 16.0 Å². The summed E-state index contributed by atoms with van der Waals surface area (Å²) in [4.78, 5) is 20.6. The van der Waals surface area contributed by atoms with E-state index in [1.165, 1.54) is 0 Å². The first-order valence-corrected chi connectivity index (χ1v) is 5.30. The zero-order chi connectivity index (χ0) is 14.4. The summed E-state index contributed by atoms with van der Waals surface area (Å²) in [5.41, 5.74) is -1.75. The van der Waals surface area contributed by atoms with Gasteiger partial charge in [0.1, 0.15) is 0 Å². The lowest BCUT2D eigenvalue weighted by Crippen LogP contribution is -2.07. The van der Waals surface area contributed by atoms with E-state index in [4.69, 9.17) is 5.11 Å². The molecule has 1 aromatic rings. The number of hydrogen-bond donors (Lipinski definition) is 1. The molecule has 8 heteroatoms. The van der Waals surface area contributed by atoms with Crippen LogP contribution < -0.4 is 0 Å². The van der Waals surface area contributed by atoms with Gasteiger partial charge in [-0.3, -0.25) is 14.9 Å². The summed E-state index contributed by atoms with van der Waals surface area (Å²) >= 11 is 0. The Balaban J connectivity index is 2.41. The van der Waals surface area contributed by atoms with Gasteiger partial charge in [-0.25, -0.2) is 0 Å². The van der Waals surface area contributed by atoms with E-state index in [0.717, 1.165) is 12.1 Å². The summed E-state index contributed by atoms with van der Waals surface area (Å²) in [7, 11) is 0. The number of nitro benzene ring substituents is 1. The Bertz CT molecular complexity index is 555. The molecule has 19 heavy (non-hydrogen) atoms. The molecule has 0 amide bonds. The van der Waals surface area contributed by atoms with Crippen molar-refractivity contribution in [1.82, 2.24) is 0 Å². The van der Waals surface area contributed by atoms with Gasteiger partial charge in [-0.2, -0.15) is 13.2 Å². The summed E-state index contributed by atoms with van der Waals surface area (Å²) in [6, 6.07) is 2.18. The Kier molecular flexibility index (Phi) is 2.95. The van der Waals surface area contributed by atoms with E-state index in [2.05, 4.69) is 0 Å². The van der Waals surface area contributed by atoms with Crippen molar-refractivity contribution in [3.8, 4) is 0 Å². The zero-order valence-electron chi connectivity index (χ0n) is 9.35. The second-order valence-electron chi connectivity index (χ2n) is 4.32. The highest BCUT2D eigenvalue weighted by atomic mass is 19.4. The predicted molar refractivity (Wildman–Crippen MR) is 56.6 cm³/mol. The maximum Gasteiger partial charge on any atom is 0.416 e. The molecule has 0 heterocycles. The molecule has 102 valence electrons. The minimum atomic E-state index is -4.67. The van der Waals surface area contributed by atoms with Crippen molar-refractivity contribution in [3.63, 3.8) is 0 Å². The highest BCUT2D eigenvalue weighted by Crippen LogP contribution is 2.51. The van der Waals surface area contributed by atoms with Crippen LogP contribution in [0.2, 0.25) is 0 Å². The molecule has 0 radical (unpaired) electrons. The highest BCUT2D eigenvalue weighted by molar-refractivity contribution is 5.76. The monoisotopic (exact) mass is 275 g/mol. The Labute approximate surface area is 104 Å². The van der Waals surface area contributed by atoms with Crippen LogP contribution in [0.25, 0.3) is 0 Å². The number of halogens is 3. The summed E-state index contributed by atoms with van der Waals surface area (Å²) in [5.74, 6) is -2.44. The third-order valence-corrected chi connectivity index (χ3v) is 3.06.